The van der Waals surface area contributed by atoms with Crippen LogP contribution in [-0.2, 0) is 10.0 Å². The van der Waals surface area contributed by atoms with Gasteiger partial charge < -0.3 is 0 Å². The lowest BCUT2D eigenvalue weighted by molar-refractivity contribution is 0.560. The average Bonchev–Trinajstić information content (AvgIpc) is 2.29. The standard InChI is InChI=1S/C12H24N2O2S/c1-3-5-6-7-8-9-10-14-17(15,16)12(4-2)11-13/h12,14H,3-10H2,1-2H3. The van der Waals surface area contributed by atoms with E-state index in [1.54, 1.807) is 6.92 Å². The maximum absolute atomic E-state index is 11.6. The minimum absolute atomic E-state index is 0.336. The zero-order chi connectivity index (χ0) is 13.1. The summed E-state index contributed by atoms with van der Waals surface area (Å²) in [6.07, 6.45) is 7.08. The molecule has 0 aliphatic carbocycles. The Hall–Kier alpha value is -0.600. The molecule has 0 aliphatic rings. The van der Waals surface area contributed by atoms with Gasteiger partial charge in [-0.05, 0) is 12.8 Å². The number of rotatable bonds is 10. The van der Waals surface area contributed by atoms with Crippen molar-refractivity contribution in [2.75, 3.05) is 6.54 Å². The third kappa shape index (κ3) is 7.35. The molecule has 0 radical (unpaired) electrons. The van der Waals surface area contributed by atoms with Crippen LogP contribution in [-0.4, -0.2) is 20.2 Å². The molecule has 17 heavy (non-hydrogen) atoms. The minimum atomic E-state index is -3.43. The third-order valence-corrected chi connectivity index (χ3v) is 4.52. The van der Waals surface area contributed by atoms with Crippen LogP contribution < -0.4 is 4.72 Å². The van der Waals surface area contributed by atoms with Gasteiger partial charge in [-0.3, -0.25) is 0 Å². The van der Waals surface area contributed by atoms with Crippen LogP contribution in [0.3, 0.4) is 0 Å². The fourth-order valence-corrected chi connectivity index (χ4v) is 2.81. The molecule has 0 rings (SSSR count). The summed E-state index contributed by atoms with van der Waals surface area (Å²) < 4.78 is 25.7. The van der Waals surface area contributed by atoms with E-state index in [9.17, 15) is 8.42 Å². The molecule has 0 saturated heterocycles. The molecule has 1 atom stereocenters. The van der Waals surface area contributed by atoms with Gasteiger partial charge in [-0.15, -0.1) is 0 Å². The van der Waals surface area contributed by atoms with Crippen LogP contribution in [0.1, 0.15) is 58.8 Å². The van der Waals surface area contributed by atoms with E-state index in [0.29, 0.717) is 13.0 Å². The van der Waals surface area contributed by atoms with E-state index in [-0.39, 0.29) is 0 Å². The highest BCUT2D eigenvalue weighted by Gasteiger charge is 2.22. The van der Waals surface area contributed by atoms with Gasteiger partial charge in [0.1, 0.15) is 0 Å². The molecule has 0 aromatic rings. The van der Waals surface area contributed by atoms with Crippen LogP contribution in [0.25, 0.3) is 0 Å². The fourth-order valence-electron chi connectivity index (χ4n) is 1.60. The van der Waals surface area contributed by atoms with Gasteiger partial charge in [-0.2, -0.15) is 5.26 Å². The fraction of sp³-hybridized carbons (Fsp3) is 0.917. The number of sulfonamides is 1. The van der Waals surface area contributed by atoms with Crippen LogP contribution >= 0.6 is 0 Å². The summed E-state index contributed by atoms with van der Waals surface area (Å²) >= 11 is 0. The third-order valence-electron chi connectivity index (χ3n) is 2.72. The molecule has 0 heterocycles. The predicted molar refractivity (Wildman–Crippen MR) is 70.0 cm³/mol. The smallest absolute Gasteiger partial charge is 0.214 e. The summed E-state index contributed by atoms with van der Waals surface area (Å²) in [4.78, 5) is 0. The monoisotopic (exact) mass is 260 g/mol. The van der Waals surface area contributed by atoms with Gasteiger partial charge in [0.15, 0.2) is 5.25 Å². The Kier molecular flexibility index (Phi) is 9.10. The molecule has 5 heteroatoms. The Morgan fingerprint density at radius 2 is 1.71 bits per heavy atom. The lowest BCUT2D eigenvalue weighted by atomic mass is 10.1. The highest BCUT2D eigenvalue weighted by atomic mass is 32.2. The molecule has 0 saturated carbocycles. The lowest BCUT2D eigenvalue weighted by Gasteiger charge is -2.09. The summed E-state index contributed by atoms with van der Waals surface area (Å²) in [6, 6.07) is 1.81. The maximum atomic E-state index is 11.6. The normalized spacial score (nSPS) is 13.2. The number of nitrogens with zero attached hydrogens (tertiary/aromatic N) is 1. The van der Waals surface area contributed by atoms with Crippen molar-refractivity contribution >= 4 is 10.0 Å². The molecular weight excluding hydrogens is 236 g/mol. The topological polar surface area (TPSA) is 70.0 Å². The van der Waals surface area contributed by atoms with Crippen molar-refractivity contribution in [1.29, 1.82) is 5.26 Å². The average molecular weight is 260 g/mol. The van der Waals surface area contributed by atoms with E-state index in [4.69, 9.17) is 5.26 Å². The Morgan fingerprint density at radius 3 is 2.24 bits per heavy atom. The molecule has 0 spiro atoms. The second-order valence-corrected chi connectivity index (χ2v) is 6.18. The van der Waals surface area contributed by atoms with E-state index in [0.717, 1.165) is 19.3 Å². The Morgan fingerprint density at radius 1 is 1.12 bits per heavy atom. The van der Waals surface area contributed by atoms with E-state index in [2.05, 4.69) is 11.6 Å². The number of nitrogens with one attached hydrogen (secondary N) is 1. The molecule has 100 valence electrons. The second-order valence-electron chi connectivity index (χ2n) is 4.23. The minimum Gasteiger partial charge on any atom is -0.214 e. The summed E-state index contributed by atoms with van der Waals surface area (Å²) in [5.41, 5.74) is 0. The zero-order valence-corrected chi connectivity index (χ0v) is 11.7. The molecule has 0 fully saturated rings. The highest BCUT2D eigenvalue weighted by Crippen LogP contribution is 2.06. The largest absolute Gasteiger partial charge is 0.227 e. The summed E-state index contributed by atoms with van der Waals surface area (Å²) in [6.45, 7) is 4.32. The van der Waals surface area contributed by atoms with Gasteiger partial charge in [0.2, 0.25) is 10.0 Å². The SMILES string of the molecule is CCCCCCCCNS(=O)(=O)C(C#N)CC. The van der Waals surface area contributed by atoms with E-state index >= 15 is 0 Å². The quantitative estimate of drug-likeness (QED) is 0.614. The lowest BCUT2D eigenvalue weighted by Crippen LogP contribution is -2.33. The number of hydrogen-bond donors (Lipinski definition) is 1. The number of hydrogen-bond acceptors (Lipinski definition) is 3. The van der Waals surface area contributed by atoms with Crippen LogP contribution in [0.15, 0.2) is 0 Å². The number of unbranched alkanes of at least 4 members (excludes halogenated alkanes) is 5. The van der Waals surface area contributed by atoms with Crippen LogP contribution in [0.2, 0.25) is 0 Å². The summed E-state index contributed by atoms with van der Waals surface area (Å²) in [7, 11) is -3.43. The Balaban J connectivity index is 3.71. The molecule has 1 N–H and O–H groups in total. The van der Waals surface area contributed by atoms with Crippen molar-refractivity contribution in [2.45, 2.75) is 64.0 Å². The van der Waals surface area contributed by atoms with Crippen molar-refractivity contribution in [3.05, 3.63) is 0 Å². The van der Waals surface area contributed by atoms with Crippen molar-refractivity contribution in [3.8, 4) is 6.07 Å². The summed E-state index contributed by atoms with van der Waals surface area (Å²) in [5.74, 6) is 0. The molecule has 0 bridgehead atoms. The molecule has 0 aliphatic heterocycles. The molecule has 0 aromatic carbocycles. The van der Waals surface area contributed by atoms with Crippen molar-refractivity contribution < 1.29 is 8.42 Å². The van der Waals surface area contributed by atoms with Crippen molar-refractivity contribution in [2.24, 2.45) is 0 Å². The molecule has 0 amide bonds. The molecule has 0 aromatic heterocycles. The van der Waals surface area contributed by atoms with Gasteiger partial charge in [0.25, 0.3) is 0 Å². The Bertz CT molecular complexity index is 320. The van der Waals surface area contributed by atoms with Gasteiger partial charge in [-0.1, -0.05) is 46.0 Å². The van der Waals surface area contributed by atoms with Gasteiger partial charge in [0, 0.05) is 6.54 Å². The first kappa shape index (κ1) is 16.4. The van der Waals surface area contributed by atoms with E-state index < -0.39 is 15.3 Å². The molecule has 4 nitrogen and oxygen atoms in total. The van der Waals surface area contributed by atoms with Crippen LogP contribution in [0.5, 0.6) is 0 Å². The maximum Gasteiger partial charge on any atom is 0.227 e. The van der Waals surface area contributed by atoms with E-state index in [1.165, 1.54) is 19.3 Å². The van der Waals surface area contributed by atoms with Crippen molar-refractivity contribution in [1.82, 2.24) is 4.72 Å². The Labute approximate surface area is 105 Å². The zero-order valence-electron chi connectivity index (χ0n) is 10.9. The number of nitriles is 1. The van der Waals surface area contributed by atoms with Gasteiger partial charge in [-0.25, -0.2) is 13.1 Å². The van der Waals surface area contributed by atoms with Gasteiger partial charge in [0.05, 0.1) is 6.07 Å². The molecule has 1 unspecified atom stereocenters. The van der Waals surface area contributed by atoms with Crippen LogP contribution in [0, 0.1) is 11.3 Å². The second kappa shape index (κ2) is 9.43. The first-order valence-corrected chi connectivity index (χ1v) is 8.01. The predicted octanol–water partition coefficient (Wildman–Crippen LogP) is 2.57. The summed E-state index contributed by atoms with van der Waals surface area (Å²) in [5, 5.41) is 7.78. The first-order chi connectivity index (χ1) is 8.08. The van der Waals surface area contributed by atoms with Gasteiger partial charge >= 0.3 is 0 Å². The van der Waals surface area contributed by atoms with E-state index in [1.807, 2.05) is 6.07 Å². The first-order valence-electron chi connectivity index (χ1n) is 6.46. The molecular formula is C12H24N2O2S. The van der Waals surface area contributed by atoms with Crippen molar-refractivity contribution in [3.63, 3.8) is 0 Å². The highest BCUT2D eigenvalue weighted by molar-refractivity contribution is 7.90. The van der Waals surface area contributed by atoms with Crippen LogP contribution in [0.4, 0.5) is 0 Å².